The van der Waals surface area contributed by atoms with Crippen LogP contribution in [0, 0.1) is 6.92 Å². The maximum atomic E-state index is 13.0. The number of hydrogen-bond acceptors (Lipinski definition) is 8. The van der Waals surface area contributed by atoms with Crippen molar-refractivity contribution in [1.29, 1.82) is 0 Å². The Kier molecular flexibility index (Phi) is 7.98. The van der Waals surface area contributed by atoms with Gasteiger partial charge in [0, 0.05) is 60.8 Å². The largest absolute Gasteiger partial charge is 0.494 e. The molecule has 2 unspecified atom stereocenters. The van der Waals surface area contributed by atoms with Crippen LogP contribution in [0.5, 0.6) is 5.88 Å². The number of nitrogens with one attached hydrogen (secondary N) is 2. The van der Waals surface area contributed by atoms with Crippen LogP contribution in [0.4, 0.5) is 5.69 Å². The Morgan fingerprint density at radius 3 is 2.42 bits per heavy atom. The summed E-state index contributed by atoms with van der Waals surface area (Å²) in [6.07, 6.45) is 1.25. The molecule has 4 heterocycles. The Morgan fingerprint density at radius 1 is 1.05 bits per heavy atom. The van der Waals surface area contributed by atoms with Gasteiger partial charge in [-0.25, -0.2) is 14.9 Å². The average Bonchev–Trinajstić information content (AvgIpc) is 3.33. The van der Waals surface area contributed by atoms with E-state index >= 15 is 0 Å². The number of carbonyl (C=O) groups is 2. The third-order valence-corrected chi connectivity index (χ3v) is 8.14. The quantitative estimate of drug-likeness (QED) is 0.154. The van der Waals surface area contributed by atoms with Gasteiger partial charge in [-0.05, 0) is 55.3 Å². The van der Waals surface area contributed by atoms with Crippen LogP contribution in [0.25, 0.3) is 10.9 Å². The fourth-order valence-electron chi connectivity index (χ4n) is 5.91. The number of aromatic nitrogens is 1. The number of H-pyrrole nitrogens is 1. The first-order valence-electron chi connectivity index (χ1n) is 14.4. The van der Waals surface area contributed by atoms with Crippen LogP contribution in [-0.2, 0) is 9.57 Å². The van der Waals surface area contributed by atoms with Gasteiger partial charge in [-0.3, -0.25) is 14.5 Å². The van der Waals surface area contributed by atoms with E-state index in [1.54, 1.807) is 37.4 Å². The third-order valence-electron chi connectivity index (χ3n) is 8.14. The van der Waals surface area contributed by atoms with Crippen molar-refractivity contribution in [2.24, 2.45) is 4.99 Å². The van der Waals surface area contributed by atoms with Gasteiger partial charge < -0.3 is 20.1 Å². The van der Waals surface area contributed by atoms with Gasteiger partial charge in [0.15, 0.2) is 5.88 Å². The molecular weight excluding hydrogens is 546 g/mol. The number of rotatable bonds is 9. The van der Waals surface area contributed by atoms with E-state index in [1.807, 2.05) is 43.3 Å². The summed E-state index contributed by atoms with van der Waals surface area (Å²) in [6, 6.07) is 21.2. The number of piperidine rings is 1. The number of aryl methyl sites for hydroxylation is 1. The first-order valence-corrected chi connectivity index (χ1v) is 14.4. The van der Waals surface area contributed by atoms with Crippen molar-refractivity contribution in [3.05, 3.63) is 94.5 Å². The van der Waals surface area contributed by atoms with Crippen LogP contribution in [0.15, 0.2) is 71.7 Å². The number of fused-ring (bicyclic) bond motifs is 3. The lowest BCUT2D eigenvalue weighted by atomic mass is 9.91. The second-order valence-electron chi connectivity index (χ2n) is 11.1. The molecule has 0 saturated carbocycles. The lowest BCUT2D eigenvalue weighted by molar-refractivity contribution is -0.113. The minimum atomic E-state index is -0.450. The number of benzene rings is 3. The van der Waals surface area contributed by atoms with Gasteiger partial charge in [0.05, 0.1) is 36.2 Å². The van der Waals surface area contributed by atoms with Gasteiger partial charge in [-0.1, -0.05) is 30.3 Å². The number of aromatic amines is 1. The van der Waals surface area contributed by atoms with E-state index in [-0.39, 0.29) is 11.8 Å². The molecule has 10 nitrogen and oxygen atoms in total. The van der Waals surface area contributed by atoms with Gasteiger partial charge in [0.1, 0.15) is 0 Å². The monoisotopic (exact) mass is 581 g/mol. The Labute approximate surface area is 249 Å². The number of carbonyl (C=O) groups excluding carboxylic acids is 2. The molecule has 0 spiro atoms. The van der Waals surface area contributed by atoms with Gasteiger partial charge >= 0.3 is 5.97 Å². The van der Waals surface area contributed by atoms with E-state index in [1.165, 1.54) is 18.6 Å². The summed E-state index contributed by atoms with van der Waals surface area (Å²) in [4.78, 5) is 41.3. The fourth-order valence-corrected chi connectivity index (χ4v) is 5.91. The molecule has 7 rings (SSSR count). The highest BCUT2D eigenvalue weighted by Crippen LogP contribution is 2.33. The van der Waals surface area contributed by atoms with Crippen molar-refractivity contribution in [1.82, 2.24) is 20.3 Å². The second-order valence-corrected chi connectivity index (χ2v) is 11.1. The number of ether oxygens (including phenoxy) is 1. The lowest BCUT2D eigenvalue weighted by Crippen LogP contribution is -2.67. The summed E-state index contributed by atoms with van der Waals surface area (Å²) in [5.41, 5.74) is 4.64. The Morgan fingerprint density at radius 2 is 1.74 bits per heavy atom. The van der Waals surface area contributed by atoms with E-state index in [4.69, 9.17) is 14.6 Å². The molecule has 2 bridgehead atoms. The van der Waals surface area contributed by atoms with Crippen LogP contribution in [0.3, 0.4) is 0 Å². The zero-order valence-corrected chi connectivity index (χ0v) is 24.5. The highest BCUT2D eigenvalue weighted by Gasteiger charge is 2.36. The minimum Gasteiger partial charge on any atom is -0.494 e. The maximum absolute atomic E-state index is 13.0. The molecule has 222 valence electrons. The van der Waals surface area contributed by atoms with E-state index in [0.29, 0.717) is 63.2 Å². The zero-order chi connectivity index (χ0) is 30.1. The maximum Gasteiger partial charge on any atom is 0.338 e. The molecule has 3 aliphatic heterocycles. The number of aliphatic imine (C=N–C) groups is 1. The fraction of sp³-hybridized carbons (Fsp3) is 0.303. The van der Waals surface area contributed by atoms with Gasteiger partial charge in [0.25, 0.3) is 5.91 Å². The molecule has 3 N–H and O–H groups in total. The topological polar surface area (TPSA) is 119 Å². The van der Waals surface area contributed by atoms with Crippen LogP contribution >= 0.6 is 0 Å². The van der Waals surface area contributed by atoms with E-state index in [2.05, 4.69) is 15.2 Å². The molecule has 1 aromatic heterocycles. The summed E-state index contributed by atoms with van der Waals surface area (Å²) < 4.78 is 4.91. The number of amides is 1. The third kappa shape index (κ3) is 5.90. The summed E-state index contributed by atoms with van der Waals surface area (Å²) in [6.45, 7) is 5.10. The number of nitrogens with zero attached hydrogens (tertiary/aromatic N) is 3. The van der Waals surface area contributed by atoms with Crippen molar-refractivity contribution < 1.29 is 24.3 Å². The molecule has 3 fully saturated rings. The van der Waals surface area contributed by atoms with E-state index in [9.17, 15) is 14.7 Å². The van der Waals surface area contributed by atoms with Gasteiger partial charge in [-0.15, -0.1) is 0 Å². The SMILES string of the molecule is COC(=O)c1cc2[nH]c(O)c(C(=Nc3ccc(C(=O)N(C)OCCN4CC5CC(C4)N5)cc3)c3ccccc3)c2cc1C. The van der Waals surface area contributed by atoms with Gasteiger partial charge in [-0.2, -0.15) is 0 Å². The van der Waals surface area contributed by atoms with Crippen LogP contribution in [-0.4, -0.2) is 90.1 Å². The summed E-state index contributed by atoms with van der Waals surface area (Å²) >= 11 is 0. The van der Waals surface area contributed by atoms with E-state index in [0.717, 1.165) is 25.2 Å². The molecule has 3 aromatic carbocycles. The Hall–Kier alpha value is -4.51. The number of methoxy groups -OCH3 is 1. The molecule has 3 saturated heterocycles. The molecule has 0 radical (unpaired) electrons. The predicted octanol–water partition coefficient (Wildman–Crippen LogP) is 4.19. The Bertz CT molecular complexity index is 1670. The molecule has 0 aliphatic carbocycles. The number of hydrogen-bond donors (Lipinski definition) is 3. The molecular formula is C33H35N5O5. The highest BCUT2D eigenvalue weighted by atomic mass is 16.7. The minimum absolute atomic E-state index is 0.0672. The van der Waals surface area contributed by atoms with Crippen molar-refractivity contribution >= 4 is 34.2 Å². The summed E-state index contributed by atoms with van der Waals surface area (Å²) in [5.74, 6) is -0.760. The molecule has 43 heavy (non-hydrogen) atoms. The van der Waals surface area contributed by atoms with Crippen LogP contribution < -0.4 is 5.32 Å². The smallest absolute Gasteiger partial charge is 0.338 e. The number of hydroxylamine groups is 2. The Balaban J connectivity index is 1.23. The second kappa shape index (κ2) is 12.0. The van der Waals surface area contributed by atoms with Gasteiger partial charge in [0.2, 0.25) is 0 Å². The molecule has 4 aromatic rings. The average molecular weight is 582 g/mol. The standard InChI is InChI=1S/C33H35N5O5/c1-20-15-27-28(17-26(20)33(41)42-3)36-31(39)29(27)30(21-7-5-4-6-8-21)35-23-11-9-22(10-12-23)32(40)37(2)43-14-13-38-18-24-16-25(19-38)34-24/h4-12,15,17,24-25,34,36,39H,13-14,16,18-19H2,1-3H3. The van der Waals surface area contributed by atoms with Crippen molar-refractivity contribution in [3.8, 4) is 5.88 Å². The molecule has 1 amide bonds. The number of piperazine rings is 1. The lowest BCUT2D eigenvalue weighted by Gasteiger charge is -2.48. The number of esters is 1. The van der Waals surface area contributed by atoms with Crippen molar-refractivity contribution in [2.45, 2.75) is 25.4 Å². The first-order chi connectivity index (χ1) is 20.8. The molecule has 2 atom stereocenters. The van der Waals surface area contributed by atoms with Crippen LogP contribution in [0.1, 0.15) is 43.8 Å². The van der Waals surface area contributed by atoms with Crippen molar-refractivity contribution in [2.75, 3.05) is 40.4 Å². The molecule has 3 aliphatic rings. The highest BCUT2D eigenvalue weighted by molar-refractivity contribution is 6.22. The summed E-state index contributed by atoms with van der Waals surface area (Å²) in [5, 5.41) is 16.6. The zero-order valence-electron chi connectivity index (χ0n) is 24.5. The van der Waals surface area contributed by atoms with Crippen molar-refractivity contribution in [3.63, 3.8) is 0 Å². The number of aromatic hydroxyl groups is 1. The summed E-state index contributed by atoms with van der Waals surface area (Å²) in [7, 11) is 2.97. The first kappa shape index (κ1) is 28.6. The van der Waals surface area contributed by atoms with Crippen LogP contribution in [0.2, 0.25) is 0 Å². The van der Waals surface area contributed by atoms with E-state index < -0.39 is 5.97 Å². The molecule has 10 heteroatoms. The normalized spacial score (nSPS) is 18.3. The predicted molar refractivity (Wildman–Crippen MR) is 164 cm³/mol.